The molecule has 0 N–H and O–H groups in total. The third-order valence-electron chi connectivity index (χ3n) is 4.12. The molecule has 0 aliphatic carbocycles. The highest BCUT2D eigenvalue weighted by molar-refractivity contribution is 7.75. The van der Waals surface area contributed by atoms with Gasteiger partial charge in [-0.15, -0.1) is 11.3 Å². The van der Waals surface area contributed by atoms with Crippen LogP contribution in [-0.4, -0.2) is 23.5 Å². The Bertz CT molecular complexity index is 340. The molecule has 0 spiro atoms. The van der Waals surface area contributed by atoms with Gasteiger partial charge in [-0.25, -0.2) is 4.98 Å². The van der Waals surface area contributed by atoms with E-state index in [4.69, 9.17) is 4.98 Å². The number of rotatable bonds is 11. The lowest BCUT2D eigenvalue weighted by molar-refractivity contribution is 0.830. The Morgan fingerprint density at radius 1 is 0.950 bits per heavy atom. The smallest absolute Gasteiger partial charge is 0.102 e. The molecular weight excluding hydrogens is 281 g/mol. The molecule has 1 aromatic rings. The summed E-state index contributed by atoms with van der Waals surface area (Å²) in [6.45, 7) is 9.14. The minimum Gasteiger partial charge on any atom is -0.243 e. The van der Waals surface area contributed by atoms with Gasteiger partial charge in [-0.3, -0.25) is 0 Å². The van der Waals surface area contributed by atoms with E-state index in [-0.39, 0.29) is 0 Å². The van der Waals surface area contributed by atoms with Gasteiger partial charge in [0.1, 0.15) is 6.16 Å². The molecule has 0 aromatic carbocycles. The van der Waals surface area contributed by atoms with Crippen LogP contribution in [-0.2, 0) is 6.16 Å². The van der Waals surface area contributed by atoms with E-state index in [1.165, 1.54) is 73.9 Å². The van der Waals surface area contributed by atoms with E-state index < -0.39 is 7.26 Å². The molecule has 3 heteroatoms. The van der Waals surface area contributed by atoms with Gasteiger partial charge in [0.15, 0.2) is 0 Å². The van der Waals surface area contributed by atoms with Crippen LogP contribution in [0.4, 0.5) is 0 Å². The molecule has 1 aromatic heterocycles. The van der Waals surface area contributed by atoms with Crippen LogP contribution in [0, 0.1) is 6.92 Å². The van der Waals surface area contributed by atoms with Crippen molar-refractivity contribution >= 4 is 18.6 Å². The van der Waals surface area contributed by atoms with Gasteiger partial charge < -0.3 is 0 Å². The molecule has 1 nitrogen and oxygen atoms in total. The number of aromatic nitrogens is 1. The molecule has 0 saturated heterocycles. The second-order valence-electron chi connectivity index (χ2n) is 6.09. The van der Waals surface area contributed by atoms with Gasteiger partial charge in [0.25, 0.3) is 0 Å². The SMILES string of the molecule is CCCC[P+](CCCC)(CCCC)Cc1csc(C)n1. The third-order valence-corrected chi connectivity index (χ3v) is 9.73. The summed E-state index contributed by atoms with van der Waals surface area (Å²) >= 11 is 1.82. The van der Waals surface area contributed by atoms with E-state index in [1.54, 1.807) is 0 Å². The van der Waals surface area contributed by atoms with Crippen LogP contribution in [0.25, 0.3) is 0 Å². The summed E-state index contributed by atoms with van der Waals surface area (Å²) in [6.07, 6.45) is 14.1. The molecular formula is C17H33NPS+. The topological polar surface area (TPSA) is 12.9 Å². The van der Waals surface area contributed by atoms with Crippen LogP contribution in [0.1, 0.15) is 70.0 Å². The second kappa shape index (κ2) is 9.90. The van der Waals surface area contributed by atoms with Crippen LogP contribution < -0.4 is 0 Å². The van der Waals surface area contributed by atoms with Gasteiger partial charge >= 0.3 is 0 Å². The van der Waals surface area contributed by atoms with Gasteiger partial charge in [-0.1, -0.05) is 40.0 Å². The van der Waals surface area contributed by atoms with Crippen LogP contribution in [0.15, 0.2) is 5.38 Å². The van der Waals surface area contributed by atoms with E-state index in [0.29, 0.717) is 0 Å². The van der Waals surface area contributed by atoms with Crippen LogP contribution in [0.3, 0.4) is 0 Å². The molecule has 0 aliphatic rings. The molecule has 1 rings (SSSR count). The van der Waals surface area contributed by atoms with Crippen molar-refractivity contribution in [2.75, 3.05) is 18.5 Å². The summed E-state index contributed by atoms with van der Waals surface area (Å²) in [6, 6.07) is 0. The summed E-state index contributed by atoms with van der Waals surface area (Å²) < 4.78 is 0. The lowest BCUT2D eigenvalue weighted by Gasteiger charge is -2.27. The van der Waals surface area contributed by atoms with Crippen molar-refractivity contribution in [2.24, 2.45) is 0 Å². The van der Waals surface area contributed by atoms with Crippen molar-refractivity contribution in [3.63, 3.8) is 0 Å². The largest absolute Gasteiger partial charge is 0.243 e. The van der Waals surface area contributed by atoms with Crippen molar-refractivity contribution in [3.05, 3.63) is 16.1 Å². The monoisotopic (exact) mass is 314 g/mol. The fourth-order valence-corrected chi connectivity index (χ4v) is 8.57. The van der Waals surface area contributed by atoms with Crippen molar-refractivity contribution < 1.29 is 0 Å². The molecule has 1 heterocycles. The molecule has 0 atom stereocenters. The number of hydrogen-bond acceptors (Lipinski definition) is 2. The van der Waals surface area contributed by atoms with E-state index in [2.05, 4.69) is 33.1 Å². The van der Waals surface area contributed by atoms with Crippen LogP contribution in [0.2, 0.25) is 0 Å². The Hall–Kier alpha value is 0.0600. The highest BCUT2D eigenvalue weighted by Crippen LogP contribution is 2.63. The lowest BCUT2D eigenvalue weighted by atomic mass is 10.4. The average molecular weight is 314 g/mol. The molecule has 20 heavy (non-hydrogen) atoms. The van der Waals surface area contributed by atoms with E-state index in [0.717, 1.165) is 0 Å². The minimum atomic E-state index is -0.810. The molecule has 0 radical (unpaired) electrons. The molecule has 0 bridgehead atoms. The average Bonchev–Trinajstić information content (AvgIpc) is 2.85. The number of unbranched alkanes of at least 4 members (excludes halogenated alkanes) is 3. The summed E-state index contributed by atoms with van der Waals surface area (Å²) in [4.78, 5) is 4.77. The third kappa shape index (κ3) is 6.22. The Morgan fingerprint density at radius 3 is 1.80 bits per heavy atom. The molecule has 0 saturated carbocycles. The molecule has 0 unspecified atom stereocenters. The van der Waals surface area contributed by atoms with Gasteiger partial charge in [0, 0.05) is 12.6 Å². The zero-order chi connectivity index (χ0) is 14.8. The standard InChI is InChI=1S/C17H33NPS/c1-5-8-11-19(12-9-6-2,13-10-7-3)14-17-15-20-16(4)18-17/h15H,5-14H2,1-4H3/q+1. The Morgan fingerprint density at radius 2 is 1.45 bits per heavy atom. The van der Waals surface area contributed by atoms with Gasteiger partial charge in [-0.2, -0.15) is 0 Å². The summed E-state index contributed by atoms with van der Waals surface area (Å²) in [5, 5.41) is 3.55. The Balaban J connectivity index is 2.80. The summed E-state index contributed by atoms with van der Waals surface area (Å²) in [5.74, 6) is 0. The highest BCUT2D eigenvalue weighted by Gasteiger charge is 2.36. The number of aryl methyl sites for hydroxylation is 1. The maximum atomic E-state index is 4.77. The normalized spacial score (nSPS) is 12.0. The van der Waals surface area contributed by atoms with Crippen molar-refractivity contribution in [1.82, 2.24) is 4.98 Å². The molecule has 116 valence electrons. The number of hydrogen-bond donors (Lipinski definition) is 0. The van der Waals surface area contributed by atoms with Crippen molar-refractivity contribution in [3.8, 4) is 0 Å². The Kier molecular flexibility index (Phi) is 8.96. The predicted molar refractivity (Wildman–Crippen MR) is 96.8 cm³/mol. The first-order chi connectivity index (χ1) is 9.65. The second-order valence-corrected chi connectivity index (χ2v) is 11.5. The molecule has 0 amide bonds. The Labute approximate surface area is 130 Å². The lowest BCUT2D eigenvalue weighted by Crippen LogP contribution is -2.11. The van der Waals surface area contributed by atoms with E-state index in [9.17, 15) is 0 Å². The van der Waals surface area contributed by atoms with Crippen molar-refractivity contribution in [2.45, 2.75) is 72.4 Å². The summed E-state index contributed by atoms with van der Waals surface area (Å²) in [5.41, 5.74) is 1.39. The first-order valence-corrected chi connectivity index (χ1v) is 11.8. The van der Waals surface area contributed by atoms with Crippen LogP contribution >= 0.6 is 18.6 Å². The fraction of sp³-hybridized carbons (Fsp3) is 0.824. The predicted octanol–water partition coefficient (Wildman–Crippen LogP) is 6.37. The van der Waals surface area contributed by atoms with Gasteiger partial charge in [-0.05, 0) is 26.2 Å². The van der Waals surface area contributed by atoms with Gasteiger partial charge in [0.05, 0.1) is 29.2 Å². The molecule has 0 fully saturated rings. The number of thiazole rings is 1. The fourth-order valence-electron chi connectivity index (χ4n) is 2.88. The first kappa shape index (κ1) is 18.1. The molecule has 0 aliphatic heterocycles. The maximum absolute atomic E-state index is 4.77. The maximum Gasteiger partial charge on any atom is 0.102 e. The van der Waals surface area contributed by atoms with Crippen LogP contribution in [0.5, 0.6) is 0 Å². The first-order valence-electron chi connectivity index (χ1n) is 8.42. The van der Waals surface area contributed by atoms with Crippen molar-refractivity contribution in [1.29, 1.82) is 0 Å². The highest BCUT2D eigenvalue weighted by atomic mass is 32.1. The zero-order valence-electron chi connectivity index (χ0n) is 14.0. The van der Waals surface area contributed by atoms with Gasteiger partial charge in [0.2, 0.25) is 0 Å². The summed E-state index contributed by atoms with van der Waals surface area (Å²) in [7, 11) is -0.810. The van der Waals surface area contributed by atoms with E-state index in [1.807, 2.05) is 11.3 Å². The number of nitrogens with zero attached hydrogens (tertiary/aromatic N) is 1. The zero-order valence-corrected chi connectivity index (χ0v) is 15.7. The quantitative estimate of drug-likeness (QED) is 0.432. The van der Waals surface area contributed by atoms with E-state index >= 15 is 0 Å². The minimum absolute atomic E-state index is 0.810.